The predicted molar refractivity (Wildman–Crippen MR) is 84.2 cm³/mol. The fourth-order valence-corrected chi connectivity index (χ4v) is 2.48. The molecule has 0 amide bonds. The summed E-state index contributed by atoms with van der Waals surface area (Å²) in [5.41, 5.74) is 9.02. The molecule has 0 fully saturated rings. The van der Waals surface area contributed by atoms with Crippen LogP contribution in [0.4, 0.5) is 10.2 Å². The largest absolute Gasteiger partial charge is 0.380 e. The van der Waals surface area contributed by atoms with Crippen molar-refractivity contribution in [3.8, 4) is 22.5 Å². The van der Waals surface area contributed by atoms with E-state index in [1.54, 1.807) is 6.07 Å². The lowest BCUT2D eigenvalue weighted by molar-refractivity contribution is 0.435. The van der Waals surface area contributed by atoms with Crippen LogP contribution in [0, 0.1) is 12.7 Å². The minimum absolute atomic E-state index is 0.288. The fourth-order valence-electron chi connectivity index (χ4n) is 2.22. The van der Waals surface area contributed by atoms with Crippen molar-refractivity contribution in [2.24, 2.45) is 0 Å². The Kier molecular flexibility index (Phi) is 3.51. The van der Waals surface area contributed by atoms with Crippen molar-refractivity contribution in [2.45, 2.75) is 6.92 Å². The number of benzene rings is 2. The van der Waals surface area contributed by atoms with Crippen LogP contribution in [0.15, 0.2) is 51.5 Å². The van der Waals surface area contributed by atoms with Gasteiger partial charge in [0.25, 0.3) is 0 Å². The van der Waals surface area contributed by atoms with Crippen LogP contribution in [0.2, 0.25) is 0 Å². The number of nitrogens with two attached hydrogens (primary N) is 1. The molecule has 2 aromatic carbocycles. The molecule has 3 nitrogen and oxygen atoms in total. The standard InChI is InChI=1S/C16H12BrFN2O/c1-9-2-7-12(18)8-13(9)15-14(16(19)20-21-15)10-3-5-11(17)6-4-10/h2-8H,1H3,(H2,19,20). The maximum atomic E-state index is 13.5. The van der Waals surface area contributed by atoms with E-state index in [-0.39, 0.29) is 11.6 Å². The van der Waals surface area contributed by atoms with E-state index in [1.165, 1.54) is 12.1 Å². The molecule has 21 heavy (non-hydrogen) atoms. The molecule has 0 aliphatic rings. The number of aryl methyl sites for hydroxylation is 1. The summed E-state index contributed by atoms with van der Waals surface area (Å²) in [4.78, 5) is 0. The topological polar surface area (TPSA) is 52.0 Å². The Morgan fingerprint density at radius 1 is 1.14 bits per heavy atom. The normalized spacial score (nSPS) is 10.8. The number of nitrogen functional groups attached to an aromatic ring is 1. The molecule has 1 aromatic heterocycles. The average Bonchev–Trinajstić information content (AvgIpc) is 2.84. The molecule has 0 atom stereocenters. The van der Waals surface area contributed by atoms with Crippen molar-refractivity contribution in [3.63, 3.8) is 0 Å². The molecule has 0 unspecified atom stereocenters. The lowest BCUT2D eigenvalue weighted by Gasteiger charge is -2.06. The molecule has 2 N–H and O–H groups in total. The molecule has 106 valence electrons. The van der Waals surface area contributed by atoms with Gasteiger partial charge in [-0.05, 0) is 42.3 Å². The van der Waals surface area contributed by atoms with Crippen LogP contribution in [0.3, 0.4) is 0 Å². The van der Waals surface area contributed by atoms with Crippen LogP contribution in [0.5, 0.6) is 0 Å². The van der Waals surface area contributed by atoms with Gasteiger partial charge in [0.1, 0.15) is 5.82 Å². The van der Waals surface area contributed by atoms with Crippen LogP contribution in [0.25, 0.3) is 22.5 Å². The predicted octanol–water partition coefficient (Wildman–Crippen LogP) is 4.80. The third-order valence-corrected chi connectivity index (χ3v) is 3.82. The van der Waals surface area contributed by atoms with Gasteiger partial charge in [0.05, 0.1) is 5.56 Å². The van der Waals surface area contributed by atoms with Crippen LogP contribution >= 0.6 is 15.9 Å². The Hall–Kier alpha value is -2.14. The average molecular weight is 347 g/mol. The summed E-state index contributed by atoms with van der Waals surface area (Å²) in [6, 6.07) is 12.2. The van der Waals surface area contributed by atoms with E-state index in [9.17, 15) is 4.39 Å². The van der Waals surface area contributed by atoms with E-state index >= 15 is 0 Å². The highest BCUT2D eigenvalue weighted by atomic mass is 79.9. The van der Waals surface area contributed by atoms with Crippen molar-refractivity contribution in [1.82, 2.24) is 5.16 Å². The first-order valence-corrected chi connectivity index (χ1v) is 7.13. The number of anilines is 1. The van der Waals surface area contributed by atoms with Gasteiger partial charge in [0.2, 0.25) is 0 Å². The van der Waals surface area contributed by atoms with Crippen LogP contribution in [0.1, 0.15) is 5.56 Å². The second-order valence-electron chi connectivity index (χ2n) is 4.74. The Morgan fingerprint density at radius 2 is 1.86 bits per heavy atom. The number of nitrogens with zero attached hydrogens (tertiary/aromatic N) is 1. The molecule has 3 rings (SSSR count). The summed E-state index contributed by atoms with van der Waals surface area (Å²) in [6.07, 6.45) is 0. The molecule has 1 heterocycles. The zero-order chi connectivity index (χ0) is 15.0. The monoisotopic (exact) mass is 346 g/mol. The third kappa shape index (κ3) is 2.56. The van der Waals surface area contributed by atoms with Gasteiger partial charge in [-0.25, -0.2) is 4.39 Å². The maximum absolute atomic E-state index is 13.5. The summed E-state index contributed by atoms with van der Waals surface area (Å²) < 4.78 is 19.8. The second-order valence-corrected chi connectivity index (χ2v) is 5.65. The van der Waals surface area contributed by atoms with E-state index in [0.29, 0.717) is 16.9 Å². The zero-order valence-corrected chi connectivity index (χ0v) is 12.8. The van der Waals surface area contributed by atoms with Gasteiger partial charge in [0, 0.05) is 10.0 Å². The van der Waals surface area contributed by atoms with Gasteiger partial charge in [-0.1, -0.05) is 39.3 Å². The molecule has 0 spiro atoms. The van der Waals surface area contributed by atoms with Gasteiger partial charge in [0.15, 0.2) is 11.6 Å². The highest BCUT2D eigenvalue weighted by Crippen LogP contribution is 2.38. The first-order chi connectivity index (χ1) is 10.1. The summed E-state index contributed by atoms with van der Waals surface area (Å²) in [5, 5.41) is 3.83. The smallest absolute Gasteiger partial charge is 0.177 e. The molecule has 0 aliphatic carbocycles. The molecule has 0 radical (unpaired) electrons. The van der Waals surface area contributed by atoms with Gasteiger partial charge < -0.3 is 10.3 Å². The molecule has 5 heteroatoms. The first kappa shape index (κ1) is 13.8. The quantitative estimate of drug-likeness (QED) is 0.724. The van der Waals surface area contributed by atoms with Gasteiger partial charge in [-0.15, -0.1) is 0 Å². The Bertz CT molecular complexity index is 797. The van der Waals surface area contributed by atoms with Crippen LogP contribution in [-0.2, 0) is 0 Å². The minimum atomic E-state index is -0.327. The lowest BCUT2D eigenvalue weighted by atomic mass is 9.98. The van der Waals surface area contributed by atoms with Crippen LogP contribution < -0.4 is 5.73 Å². The number of rotatable bonds is 2. The molecular formula is C16H12BrFN2O. The van der Waals surface area contributed by atoms with Gasteiger partial charge in [-0.3, -0.25) is 0 Å². The molecular weight excluding hydrogens is 335 g/mol. The number of halogens is 2. The van der Waals surface area contributed by atoms with E-state index in [1.807, 2.05) is 31.2 Å². The van der Waals surface area contributed by atoms with E-state index in [4.69, 9.17) is 10.3 Å². The molecule has 0 aliphatic heterocycles. The minimum Gasteiger partial charge on any atom is -0.380 e. The summed E-state index contributed by atoms with van der Waals surface area (Å²) in [5.74, 6) is 0.440. The fraction of sp³-hybridized carbons (Fsp3) is 0.0625. The first-order valence-electron chi connectivity index (χ1n) is 6.34. The maximum Gasteiger partial charge on any atom is 0.177 e. The lowest BCUT2D eigenvalue weighted by Crippen LogP contribution is -1.90. The number of hydrogen-bond donors (Lipinski definition) is 1. The number of aromatic nitrogens is 1. The van der Waals surface area contributed by atoms with Crippen molar-refractivity contribution >= 4 is 21.7 Å². The summed E-state index contributed by atoms with van der Waals surface area (Å²) >= 11 is 3.39. The third-order valence-electron chi connectivity index (χ3n) is 3.30. The Labute approximate surface area is 129 Å². The highest BCUT2D eigenvalue weighted by molar-refractivity contribution is 9.10. The van der Waals surface area contributed by atoms with Crippen molar-refractivity contribution in [3.05, 3.63) is 58.3 Å². The summed E-state index contributed by atoms with van der Waals surface area (Å²) in [7, 11) is 0. The van der Waals surface area contributed by atoms with Crippen molar-refractivity contribution < 1.29 is 8.91 Å². The van der Waals surface area contributed by atoms with E-state index in [2.05, 4.69) is 21.1 Å². The number of hydrogen-bond acceptors (Lipinski definition) is 3. The summed E-state index contributed by atoms with van der Waals surface area (Å²) in [6.45, 7) is 1.89. The van der Waals surface area contributed by atoms with Crippen LogP contribution in [-0.4, -0.2) is 5.16 Å². The Morgan fingerprint density at radius 3 is 2.57 bits per heavy atom. The van der Waals surface area contributed by atoms with E-state index in [0.717, 1.165) is 15.6 Å². The molecule has 0 saturated heterocycles. The molecule has 3 aromatic rings. The second kappa shape index (κ2) is 5.33. The van der Waals surface area contributed by atoms with E-state index < -0.39 is 0 Å². The Balaban J connectivity index is 2.21. The highest BCUT2D eigenvalue weighted by Gasteiger charge is 2.19. The van der Waals surface area contributed by atoms with Gasteiger partial charge >= 0.3 is 0 Å². The SMILES string of the molecule is Cc1ccc(F)cc1-c1onc(N)c1-c1ccc(Br)cc1. The molecule has 0 bridgehead atoms. The van der Waals surface area contributed by atoms with Crippen molar-refractivity contribution in [2.75, 3.05) is 5.73 Å². The van der Waals surface area contributed by atoms with Crippen molar-refractivity contribution in [1.29, 1.82) is 0 Å². The molecule has 0 saturated carbocycles. The zero-order valence-electron chi connectivity index (χ0n) is 11.2. The van der Waals surface area contributed by atoms with Gasteiger partial charge in [-0.2, -0.15) is 0 Å².